The maximum absolute atomic E-state index is 12.7. The number of piperazine rings is 1. The van der Waals surface area contributed by atoms with Gasteiger partial charge in [0.25, 0.3) is 5.91 Å². The van der Waals surface area contributed by atoms with Gasteiger partial charge >= 0.3 is 6.09 Å². The average molecular weight is 322 g/mol. The second kappa shape index (κ2) is 7.71. The molecule has 1 aromatic rings. The molecule has 2 rings (SSSR count). The zero-order valence-corrected chi connectivity index (χ0v) is 13.7. The molecule has 0 saturated carbocycles. The molecular formula is C16H22N2O5. The van der Waals surface area contributed by atoms with Gasteiger partial charge in [0.15, 0.2) is 0 Å². The van der Waals surface area contributed by atoms with E-state index >= 15 is 0 Å². The summed E-state index contributed by atoms with van der Waals surface area (Å²) in [5.74, 6) is 0.965. The highest BCUT2D eigenvalue weighted by Crippen LogP contribution is 2.25. The van der Waals surface area contributed by atoms with E-state index in [0.717, 1.165) is 0 Å². The van der Waals surface area contributed by atoms with Gasteiger partial charge in [0.05, 0.1) is 26.4 Å². The first-order valence-corrected chi connectivity index (χ1v) is 7.53. The summed E-state index contributed by atoms with van der Waals surface area (Å²) in [6, 6.07) is 5.12. The summed E-state index contributed by atoms with van der Waals surface area (Å²) < 4.78 is 15.4. The third-order valence-corrected chi connectivity index (χ3v) is 3.73. The topological polar surface area (TPSA) is 68.3 Å². The van der Waals surface area contributed by atoms with E-state index in [2.05, 4.69) is 0 Å². The van der Waals surface area contributed by atoms with Gasteiger partial charge in [0.2, 0.25) is 0 Å². The number of nitrogens with zero attached hydrogens (tertiary/aromatic N) is 2. The smallest absolute Gasteiger partial charge is 0.409 e. The molecule has 1 aliphatic heterocycles. The second-order valence-corrected chi connectivity index (χ2v) is 5.04. The molecule has 0 aliphatic carbocycles. The van der Waals surface area contributed by atoms with Crippen molar-refractivity contribution in [2.24, 2.45) is 0 Å². The predicted molar refractivity (Wildman–Crippen MR) is 84.0 cm³/mol. The Kier molecular flexibility index (Phi) is 5.67. The van der Waals surface area contributed by atoms with E-state index in [9.17, 15) is 9.59 Å². The largest absolute Gasteiger partial charge is 0.497 e. The fraction of sp³-hybridized carbons (Fsp3) is 0.500. The number of rotatable bonds is 4. The van der Waals surface area contributed by atoms with E-state index in [4.69, 9.17) is 14.2 Å². The molecule has 1 saturated heterocycles. The summed E-state index contributed by atoms with van der Waals surface area (Å²) in [5, 5.41) is 0. The first-order valence-electron chi connectivity index (χ1n) is 7.53. The Hall–Kier alpha value is -2.44. The summed E-state index contributed by atoms with van der Waals surface area (Å²) in [5.41, 5.74) is 0.455. The van der Waals surface area contributed by atoms with Crippen LogP contribution in [0.5, 0.6) is 11.5 Å². The van der Waals surface area contributed by atoms with Crippen LogP contribution in [-0.4, -0.2) is 68.8 Å². The molecule has 126 valence electrons. The van der Waals surface area contributed by atoms with Crippen molar-refractivity contribution in [3.05, 3.63) is 23.8 Å². The molecule has 0 atom stereocenters. The molecule has 2 amide bonds. The molecule has 0 spiro atoms. The first-order chi connectivity index (χ1) is 11.1. The third-order valence-electron chi connectivity index (χ3n) is 3.73. The van der Waals surface area contributed by atoms with Crippen molar-refractivity contribution in [3.8, 4) is 11.5 Å². The van der Waals surface area contributed by atoms with E-state index in [1.807, 2.05) is 0 Å². The fourth-order valence-electron chi connectivity index (χ4n) is 2.46. The third kappa shape index (κ3) is 3.85. The molecule has 7 nitrogen and oxygen atoms in total. The highest BCUT2D eigenvalue weighted by atomic mass is 16.6. The number of ether oxygens (including phenoxy) is 3. The van der Waals surface area contributed by atoms with Gasteiger partial charge in [-0.3, -0.25) is 4.79 Å². The van der Waals surface area contributed by atoms with Crippen molar-refractivity contribution >= 4 is 12.0 Å². The zero-order chi connectivity index (χ0) is 16.8. The standard InChI is InChI=1S/C16H22N2O5/c1-4-23-16(20)18-9-7-17(8-10-18)15(19)13-11-12(21-2)5-6-14(13)22-3/h5-6,11H,4,7-10H2,1-3H3. The molecule has 1 fully saturated rings. The van der Waals surface area contributed by atoms with Crippen molar-refractivity contribution in [1.29, 1.82) is 0 Å². The molecule has 0 aromatic heterocycles. The number of amides is 2. The molecule has 23 heavy (non-hydrogen) atoms. The molecule has 1 aromatic carbocycles. The van der Waals surface area contributed by atoms with Crippen LogP contribution in [0.4, 0.5) is 4.79 Å². The van der Waals surface area contributed by atoms with Gasteiger partial charge in [-0.05, 0) is 25.1 Å². The zero-order valence-electron chi connectivity index (χ0n) is 13.7. The van der Waals surface area contributed by atoms with Gasteiger partial charge < -0.3 is 24.0 Å². The lowest BCUT2D eigenvalue weighted by Crippen LogP contribution is -2.50. The number of carbonyl (C=O) groups is 2. The van der Waals surface area contributed by atoms with Crippen molar-refractivity contribution in [2.75, 3.05) is 47.0 Å². The Morgan fingerprint density at radius 1 is 1.04 bits per heavy atom. The maximum Gasteiger partial charge on any atom is 0.409 e. The van der Waals surface area contributed by atoms with Gasteiger partial charge in [-0.1, -0.05) is 0 Å². The second-order valence-electron chi connectivity index (χ2n) is 5.04. The molecule has 0 bridgehead atoms. The van der Waals surface area contributed by atoms with Gasteiger partial charge in [0.1, 0.15) is 11.5 Å². The van der Waals surface area contributed by atoms with E-state index in [1.165, 1.54) is 7.11 Å². The predicted octanol–water partition coefficient (Wildman–Crippen LogP) is 1.62. The van der Waals surface area contributed by atoms with Crippen molar-refractivity contribution in [2.45, 2.75) is 6.92 Å². The van der Waals surface area contributed by atoms with E-state index in [-0.39, 0.29) is 12.0 Å². The van der Waals surface area contributed by atoms with Crippen LogP contribution in [0.1, 0.15) is 17.3 Å². The monoisotopic (exact) mass is 322 g/mol. The highest BCUT2D eigenvalue weighted by Gasteiger charge is 2.27. The maximum atomic E-state index is 12.7. The lowest BCUT2D eigenvalue weighted by molar-refractivity contribution is 0.0567. The minimum atomic E-state index is -0.335. The van der Waals surface area contributed by atoms with Crippen LogP contribution in [0.2, 0.25) is 0 Å². The number of methoxy groups -OCH3 is 2. The van der Waals surface area contributed by atoms with E-state index in [1.54, 1.807) is 42.0 Å². The van der Waals surface area contributed by atoms with Crippen molar-refractivity contribution in [3.63, 3.8) is 0 Å². The number of benzene rings is 1. The van der Waals surface area contributed by atoms with E-state index in [0.29, 0.717) is 49.8 Å². The summed E-state index contributed by atoms with van der Waals surface area (Å²) in [6.45, 7) is 3.94. The lowest BCUT2D eigenvalue weighted by Gasteiger charge is -2.34. The summed E-state index contributed by atoms with van der Waals surface area (Å²) in [4.78, 5) is 27.7. The van der Waals surface area contributed by atoms with Crippen LogP contribution >= 0.6 is 0 Å². The van der Waals surface area contributed by atoms with Gasteiger partial charge in [-0.25, -0.2) is 4.79 Å². The van der Waals surface area contributed by atoms with E-state index < -0.39 is 0 Å². The van der Waals surface area contributed by atoms with Crippen LogP contribution in [0, 0.1) is 0 Å². The van der Waals surface area contributed by atoms with Crippen LogP contribution in [-0.2, 0) is 4.74 Å². The lowest BCUT2D eigenvalue weighted by atomic mass is 10.1. The molecule has 1 aliphatic rings. The Balaban J connectivity index is 2.06. The summed E-state index contributed by atoms with van der Waals surface area (Å²) >= 11 is 0. The quantitative estimate of drug-likeness (QED) is 0.842. The van der Waals surface area contributed by atoms with Gasteiger partial charge in [-0.2, -0.15) is 0 Å². The molecule has 0 radical (unpaired) electrons. The summed E-state index contributed by atoms with van der Waals surface area (Å²) in [6.07, 6.45) is -0.335. The number of hydrogen-bond donors (Lipinski definition) is 0. The van der Waals surface area contributed by atoms with Crippen LogP contribution < -0.4 is 9.47 Å². The normalized spacial score (nSPS) is 14.4. The van der Waals surface area contributed by atoms with Gasteiger partial charge in [0, 0.05) is 26.2 Å². The Bertz CT molecular complexity index is 568. The van der Waals surface area contributed by atoms with Crippen molar-refractivity contribution < 1.29 is 23.8 Å². The Labute approximate surface area is 135 Å². The first kappa shape index (κ1) is 16.9. The molecule has 7 heteroatoms. The molecule has 1 heterocycles. The average Bonchev–Trinajstić information content (AvgIpc) is 2.60. The molecule has 0 N–H and O–H groups in total. The van der Waals surface area contributed by atoms with Crippen LogP contribution in [0.15, 0.2) is 18.2 Å². The number of hydrogen-bond acceptors (Lipinski definition) is 5. The SMILES string of the molecule is CCOC(=O)N1CCN(C(=O)c2cc(OC)ccc2OC)CC1. The Morgan fingerprint density at radius 3 is 2.26 bits per heavy atom. The van der Waals surface area contributed by atoms with Crippen molar-refractivity contribution in [1.82, 2.24) is 9.80 Å². The summed E-state index contributed by atoms with van der Waals surface area (Å²) in [7, 11) is 3.07. The highest BCUT2D eigenvalue weighted by molar-refractivity contribution is 5.97. The van der Waals surface area contributed by atoms with Crippen LogP contribution in [0.25, 0.3) is 0 Å². The van der Waals surface area contributed by atoms with Gasteiger partial charge in [-0.15, -0.1) is 0 Å². The van der Waals surface area contributed by atoms with Crippen LogP contribution in [0.3, 0.4) is 0 Å². The minimum absolute atomic E-state index is 0.135. The molecular weight excluding hydrogens is 300 g/mol. The minimum Gasteiger partial charge on any atom is -0.497 e. The number of carbonyl (C=O) groups excluding carboxylic acids is 2. The Morgan fingerprint density at radius 2 is 1.70 bits per heavy atom. The fourth-order valence-corrected chi connectivity index (χ4v) is 2.46. The molecule has 0 unspecified atom stereocenters.